The highest BCUT2D eigenvalue weighted by atomic mass is 35.5. The molecule has 0 saturated carbocycles. The summed E-state index contributed by atoms with van der Waals surface area (Å²) in [5.74, 6) is -0.256. The molecule has 2 unspecified atom stereocenters. The second kappa shape index (κ2) is 9.00. The van der Waals surface area contributed by atoms with E-state index in [1.54, 1.807) is 28.5 Å². The van der Waals surface area contributed by atoms with Crippen LogP contribution in [0.4, 0.5) is 5.13 Å². The molecule has 2 aromatic heterocycles. The van der Waals surface area contributed by atoms with Crippen molar-refractivity contribution in [3.63, 3.8) is 0 Å². The molecule has 0 aliphatic carbocycles. The Bertz CT molecular complexity index is 1220. The Kier molecular flexibility index (Phi) is 6.26. The Hall–Kier alpha value is -1.56. The van der Waals surface area contributed by atoms with E-state index < -0.39 is 16.1 Å². The number of carbonyl (C=O) groups excluding carboxylic acids is 1. The van der Waals surface area contributed by atoms with Crippen LogP contribution in [-0.4, -0.2) is 55.5 Å². The number of benzene rings is 1. The summed E-state index contributed by atoms with van der Waals surface area (Å²) in [6, 6.07) is 8.07. The van der Waals surface area contributed by atoms with E-state index in [4.69, 9.17) is 16.3 Å². The summed E-state index contributed by atoms with van der Waals surface area (Å²) in [4.78, 5) is 20.1. The first-order valence-corrected chi connectivity index (χ1v) is 14.0. The number of sulfonamides is 1. The first-order chi connectivity index (χ1) is 15.4. The highest BCUT2D eigenvalue weighted by Crippen LogP contribution is 2.36. The third-order valence-corrected chi connectivity index (χ3v) is 10.4. The maximum atomic E-state index is 13.8. The monoisotopic (exact) mass is 511 g/mol. The fraction of sp³-hybridized carbons (Fsp3) is 0.429. The van der Waals surface area contributed by atoms with Crippen molar-refractivity contribution in [2.45, 2.75) is 42.0 Å². The normalized spacial score (nSPS) is 22.0. The van der Waals surface area contributed by atoms with Crippen molar-refractivity contribution in [2.75, 3.05) is 24.6 Å². The van der Waals surface area contributed by atoms with E-state index >= 15 is 0 Å². The third kappa shape index (κ3) is 4.08. The Morgan fingerprint density at radius 1 is 1.25 bits per heavy atom. The molecule has 11 heteroatoms. The zero-order valence-corrected chi connectivity index (χ0v) is 20.4. The Balaban J connectivity index is 1.50. The summed E-state index contributed by atoms with van der Waals surface area (Å²) < 4.78 is 34.7. The van der Waals surface area contributed by atoms with Crippen molar-refractivity contribution in [1.29, 1.82) is 0 Å². The van der Waals surface area contributed by atoms with E-state index in [0.717, 1.165) is 17.5 Å². The lowest BCUT2D eigenvalue weighted by Crippen LogP contribution is -2.49. The molecule has 2 fully saturated rings. The van der Waals surface area contributed by atoms with Gasteiger partial charge in [0.15, 0.2) is 5.13 Å². The van der Waals surface area contributed by atoms with Crippen LogP contribution < -0.4 is 4.90 Å². The van der Waals surface area contributed by atoms with E-state index in [-0.39, 0.29) is 16.2 Å². The number of nitrogens with zero attached hydrogens (tertiary/aromatic N) is 3. The predicted octanol–water partition coefficient (Wildman–Crippen LogP) is 4.38. The van der Waals surface area contributed by atoms with Gasteiger partial charge in [0.1, 0.15) is 15.8 Å². The van der Waals surface area contributed by atoms with E-state index in [1.807, 2.05) is 12.1 Å². The number of rotatable bonds is 6. The lowest BCUT2D eigenvalue weighted by Gasteiger charge is -2.29. The molecule has 2 aliphatic heterocycles. The SMILES string of the molecule is O=C(C1CCCN1S(=O)(=O)c1cccs1)N(CC1CCCO1)c1nc2c(Cl)cccc2s1. The number of aromatic nitrogens is 1. The van der Waals surface area contributed by atoms with Crippen molar-refractivity contribution in [1.82, 2.24) is 9.29 Å². The van der Waals surface area contributed by atoms with Crippen LogP contribution in [0.3, 0.4) is 0 Å². The average Bonchev–Trinajstić information content (AvgIpc) is 3.57. The molecule has 32 heavy (non-hydrogen) atoms. The largest absolute Gasteiger partial charge is 0.376 e. The lowest BCUT2D eigenvalue weighted by molar-refractivity contribution is -0.122. The van der Waals surface area contributed by atoms with Gasteiger partial charge >= 0.3 is 0 Å². The molecule has 4 heterocycles. The summed E-state index contributed by atoms with van der Waals surface area (Å²) in [6.07, 6.45) is 2.83. The van der Waals surface area contributed by atoms with Gasteiger partial charge in [-0.25, -0.2) is 13.4 Å². The second-order valence-electron chi connectivity index (χ2n) is 7.87. The topological polar surface area (TPSA) is 79.8 Å². The molecule has 3 aromatic rings. The first-order valence-electron chi connectivity index (χ1n) is 10.5. The maximum absolute atomic E-state index is 13.8. The first kappa shape index (κ1) is 22.2. The van der Waals surface area contributed by atoms with Gasteiger partial charge in [-0.2, -0.15) is 4.31 Å². The summed E-state index contributed by atoms with van der Waals surface area (Å²) in [7, 11) is -3.73. The molecule has 170 valence electrons. The number of carbonyl (C=O) groups is 1. The lowest BCUT2D eigenvalue weighted by atomic mass is 10.2. The average molecular weight is 512 g/mol. The number of amides is 1. The predicted molar refractivity (Wildman–Crippen MR) is 127 cm³/mol. The quantitative estimate of drug-likeness (QED) is 0.490. The van der Waals surface area contributed by atoms with Crippen LogP contribution in [0.25, 0.3) is 10.2 Å². The maximum Gasteiger partial charge on any atom is 0.253 e. The zero-order chi connectivity index (χ0) is 22.3. The molecular weight excluding hydrogens is 490 g/mol. The number of para-hydroxylation sites is 1. The van der Waals surface area contributed by atoms with Gasteiger partial charge in [0.25, 0.3) is 10.0 Å². The number of ether oxygens (including phenoxy) is 1. The number of anilines is 1. The van der Waals surface area contributed by atoms with Crippen LogP contribution in [0.15, 0.2) is 39.9 Å². The van der Waals surface area contributed by atoms with E-state index in [1.165, 1.54) is 27.0 Å². The molecule has 5 rings (SSSR count). The van der Waals surface area contributed by atoms with Crippen molar-refractivity contribution in [2.24, 2.45) is 0 Å². The van der Waals surface area contributed by atoms with Crippen LogP contribution in [0.2, 0.25) is 5.02 Å². The van der Waals surface area contributed by atoms with Gasteiger partial charge in [-0.1, -0.05) is 35.1 Å². The highest BCUT2D eigenvalue weighted by Gasteiger charge is 2.43. The van der Waals surface area contributed by atoms with Crippen LogP contribution in [0, 0.1) is 0 Å². The minimum Gasteiger partial charge on any atom is -0.376 e. The van der Waals surface area contributed by atoms with Crippen molar-refractivity contribution >= 4 is 65.6 Å². The van der Waals surface area contributed by atoms with Crippen LogP contribution in [0.5, 0.6) is 0 Å². The van der Waals surface area contributed by atoms with Gasteiger partial charge in [0.05, 0.1) is 22.4 Å². The molecule has 2 aliphatic rings. The molecule has 0 bridgehead atoms. The smallest absolute Gasteiger partial charge is 0.253 e. The van der Waals surface area contributed by atoms with Crippen LogP contribution in [0.1, 0.15) is 25.7 Å². The number of halogens is 1. The highest BCUT2D eigenvalue weighted by molar-refractivity contribution is 7.91. The Morgan fingerprint density at radius 2 is 2.12 bits per heavy atom. The molecule has 1 amide bonds. The molecular formula is C21H22ClN3O4S3. The molecule has 7 nitrogen and oxygen atoms in total. The summed E-state index contributed by atoms with van der Waals surface area (Å²) in [5.41, 5.74) is 0.647. The third-order valence-electron chi connectivity index (χ3n) is 5.81. The molecule has 0 N–H and O–H groups in total. The number of fused-ring (bicyclic) bond motifs is 1. The minimum atomic E-state index is -3.73. The number of hydrogen-bond acceptors (Lipinski definition) is 7. The van der Waals surface area contributed by atoms with E-state index in [2.05, 4.69) is 4.98 Å². The molecule has 1 aromatic carbocycles. The van der Waals surface area contributed by atoms with Crippen molar-refractivity contribution in [3.8, 4) is 0 Å². The molecule has 2 atom stereocenters. The molecule has 2 saturated heterocycles. The minimum absolute atomic E-state index is 0.0924. The summed E-state index contributed by atoms with van der Waals surface area (Å²) in [5, 5.41) is 2.78. The molecule has 0 radical (unpaired) electrons. The van der Waals surface area contributed by atoms with Crippen molar-refractivity contribution in [3.05, 3.63) is 40.7 Å². The Labute approximate surface area is 199 Å². The van der Waals surface area contributed by atoms with Gasteiger partial charge in [-0.05, 0) is 49.3 Å². The van der Waals surface area contributed by atoms with Crippen LogP contribution in [-0.2, 0) is 19.6 Å². The van der Waals surface area contributed by atoms with Gasteiger partial charge in [-0.3, -0.25) is 9.69 Å². The Morgan fingerprint density at radius 3 is 2.84 bits per heavy atom. The second-order valence-corrected chi connectivity index (χ2v) is 12.4. The fourth-order valence-corrected chi connectivity index (χ4v) is 8.30. The van der Waals surface area contributed by atoms with E-state index in [9.17, 15) is 13.2 Å². The van der Waals surface area contributed by atoms with Gasteiger partial charge < -0.3 is 4.74 Å². The summed E-state index contributed by atoms with van der Waals surface area (Å²) in [6.45, 7) is 1.34. The molecule has 0 spiro atoms. The van der Waals surface area contributed by atoms with Crippen molar-refractivity contribution < 1.29 is 17.9 Å². The van der Waals surface area contributed by atoms with Gasteiger partial charge in [0.2, 0.25) is 5.91 Å². The van der Waals surface area contributed by atoms with Gasteiger partial charge in [-0.15, -0.1) is 11.3 Å². The zero-order valence-electron chi connectivity index (χ0n) is 17.1. The fourth-order valence-electron chi connectivity index (χ4n) is 4.25. The van der Waals surface area contributed by atoms with E-state index in [0.29, 0.717) is 48.2 Å². The standard InChI is InChI=1S/C21H22ClN3O4S3/c22-15-6-1-8-17-19(15)23-21(31-17)24(13-14-5-3-11-29-14)20(26)16-7-2-10-25(16)32(27,28)18-9-4-12-30-18/h1,4,6,8-9,12,14,16H,2-3,5,7,10-11,13H2. The number of thiophene rings is 1. The summed E-state index contributed by atoms with van der Waals surface area (Å²) >= 11 is 8.87. The van der Waals surface area contributed by atoms with Crippen LogP contribution >= 0.6 is 34.3 Å². The van der Waals surface area contributed by atoms with Gasteiger partial charge in [0, 0.05) is 13.2 Å². The number of hydrogen-bond donors (Lipinski definition) is 0. The number of thiazole rings is 1.